The summed E-state index contributed by atoms with van der Waals surface area (Å²) in [5.74, 6) is -0.201. The van der Waals surface area contributed by atoms with Gasteiger partial charge in [0.05, 0.1) is 6.61 Å². The lowest BCUT2D eigenvalue weighted by molar-refractivity contribution is -0.146. The largest absolute Gasteiger partial charge is 0.464 e. The summed E-state index contributed by atoms with van der Waals surface area (Å²) in [6, 6.07) is -0.505. The van der Waals surface area contributed by atoms with Gasteiger partial charge in [-0.3, -0.25) is 4.79 Å². The van der Waals surface area contributed by atoms with Gasteiger partial charge in [0.15, 0.2) is 0 Å². The number of rotatable bonds is 5. The second-order valence-electron chi connectivity index (χ2n) is 3.01. The molecule has 0 aromatic rings. The minimum Gasteiger partial charge on any atom is -0.464 e. The predicted octanol–water partition coefficient (Wildman–Crippen LogP) is 1.09. The van der Waals surface area contributed by atoms with E-state index in [1.807, 2.05) is 13.8 Å². The molecule has 0 aliphatic carbocycles. The second kappa shape index (κ2) is 5.77. The van der Waals surface area contributed by atoms with Crippen LogP contribution in [0.3, 0.4) is 0 Å². The zero-order valence-corrected chi connectivity index (χ0v) is 7.75. The summed E-state index contributed by atoms with van der Waals surface area (Å²) in [5, 5.41) is 0. The monoisotopic (exact) mass is 171 g/mol. The molecule has 12 heavy (non-hydrogen) atoms. The van der Waals surface area contributed by atoms with Crippen LogP contribution in [0.25, 0.3) is 0 Å². The Bertz CT molecular complexity index is 155. The van der Waals surface area contributed by atoms with Crippen molar-refractivity contribution in [1.29, 1.82) is 0 Å². The van der Waals surface area contributed by atoms with E-state index in [2.05, 4.69) is 6.58 Å². The van der Waals surface area contributed by atoms with Crippen LogP contribution in [0.1, 0.15) is 20.3 Å². The third-order valence-electron chi connectivity index (χ3n) is 1.56. The highest BCUT2D eigenvalue weighted by Crippen LogP contribution is 2.00. The van der Waals surface area contributed by atoms with Crippen molar-refractivity contribution >= 4 is 5.97 Å². The maximum atomic E-state index is 11.1. The Morgan fingerprint density at radius 1 is 1.67 bits per heavy atom. The molecule has 0 heterocycles. The summed E-state index contributed by atoms with van der Waals surface area (Å²) in [4.78, 5) is 11.1. The molecule has 1 atom stereocenters. The quantitative estimate of drug-likeness (QED) is 0.382. The van der Waals surface area contributed by atoms with Gasteiger partial charge in [-0.25, -0.2) is 0 Å². The highest BCUT2D eigenvalue weighted by molar-refractivity contribution is 5.75. The number of hydrogen-bond acceptors (Lipinski definition) is 3. The van der Waals surface area contributed by atoms with Gasteiger partial charge >= 0.3 is 5.97 Å². The van der Waals surface area contributed by atoms with Gasteiger partial charge in [0.2, 0.25) is 0 Å². The fourth-order valence-electron chi connectivity index (χ4n) is 0.611. The van der Waals surface area contributed by atoms with Crippen LogP contribution < -0.4 is 5.73 Å². The number of esters is 1. The maximum absolute atomic E-state index is 11.1. The van der Waals surface area contributed by atoms with Gasteiger partial charge in [0.25, 0.3) is 0 Å². The van der Waals surface area contributed by atoms with Gasteiger partial charge < -0.3 is 10.5 Å². The van der Waals surface area contributed by atoms with Crippen LogP contribution in [0.4, 0.5) is 0 Å². The van der Waals surface area contributed by atoms with E-state index in [1.165, 1.54) is 0 Å². The Morgan fingerprint density at radius 2 is 2.25 bits per heavy atom. The van der Waals surface area contributed by atoms with E-state index in [-0.39, 0.29) is 11.9 Å². The van der Waals surface area contributed by atoms with Crippen molar-refractivity contribution < 1.29 is 9.53 Å². The molecular formula is C9H17NO2. The first kappa shape index (κ1) is 11.2. The van der Waals surface area contributed by atoms with Crippen LogP contribution in [0.2, 0.25) is 0 Å². The predicted molar refractivity (Wildman–Crippen MR) is 48.6 cm³/mol. The molecule has 0 unspecified atom stereocenters. The molecular weight excluding hydrogens is 154 g/mol. The van der Waals surface area contributed by atoms with Crippen LogP contribution in [0.5, 0.6) is 0 Å². The molecule has 0 fully saturated rings. The molecule has 70 valence electrons. The Labute approximate surface area is 73.6 Å². The first-order valence-electron chi connectivity index (χ1n) is 4.12. The lowest BCUT2D eigenvalue weighted by Crippen LogP contribution is -2.37. The average Bonchev–Trinajstić information content (AvgIpc) is 2.03. The van der Waals surface area contributed by atoms with Gasteiger partial charge in [0.1, 0.15) is 6.04 Å². The molecule has 2 N–H and O–H groups in total. The Balaban J connectivity index is 3.64. The van der Waals surface area contributed by atoms with Crippen molar-refractivity contribution in [2.75, 3.05) is 6.61 Å². The SMILES string of the molecule is C=CCCOC(=O)[C@@H](N)C(C)C. The van der Waals surface area contributed by atoms with Gasteiger partial charge in [-0.05, 0) is 12.3 Å². The molecule has 0 aromatic heterocycles. The second-order valence-corrected chi connectivity index (χ2v) is 3.01. The van der Waals surface area contributed by atoms with Crippen LogP contribution in [-0.4, -0.2) is 18.6 Å². The van der Waals surface area contributed by atoms with E-state index < -0.39 is 6.04 Å². The van der Waals surface area contributed by atoms with E-state index in [0.717, 1.165) is 0 Å². The molecule has 3 heteroatoms. The molecule has 0 aromatic carbocycles. The molecule has 0 spiro atoms. The first-order valence-corrected chi connectivity index (χ1v) is 4.12. The molecule has 0 aliphatic rings. The molecule has 0 radical (unpaired) electrons. The van der Waals surface area contributed by atoms with Gasteiger partial charge in [0, 0.05) is 0 Å². The third-order valence-corrected chi connectivity index (χ3v) is 1.56. The smallest absolute Gasteiger partial charge is 0.323 e. The topological polar surface area (TPSA) is 52.3 Å². The maximum Gasteiger partial charge on any atom is 0.323 e. The zero-order chi connectivity index (χ0) is 9.56. The lowest BCUT2D eigenvalue weighted by atomic mass is 10.1. The van der Waals surface area contributed by atoms with Crippen LogP contribution in [0.15, 0.2) is 12.7 Å². The number of carbonyl (C=O) groups is 1. The van der Waals surface area contributed by atoms with Crippen molar-refractivity contribution in [3.05, 3.63) is 12.7 Å². The summed E-state index contributed by atoms with van der Waals surface area (Å²) >= 11 is 0. The Hall–Kier alpha value is -0.830. The summed E-state index contributed by atoms with van der Waals surface area (Å²) < 4.78 is 4.87. The third kappa shape index (κ3) is 4.13. The average molecular weight is 171 g/mol. The summed E-state index contributed by atoms with van der Waals surface area (Å²) in [6.07, 6.45) is 2.38. The molecule has 0 saturated heterocycles. The number of hydrogen-bond donors (Lipinski definition) is 1. The highest BCUT2D eigenvalue weighted by Gasteiger charge is 2.17. The summed E-state index contributed by atoms with van der Waals surface area (Å²) in [5.41, 5.74) is 5.54. The van der Waals surface area contributed by atoms with E-state index >= 15 is 0 Å². The van der Waals surface area contributed by atoms with E-state index in [4.69, 9.17) is 10.5 Å². The van der Waals surface area contributed by atoms with Crippen molar-refractivity contribution in [3.63, 3.8) is 0 Å². The number of ether oxygens (including phenoxy) is 1. The number of carbonyl (C=O) groups excluding carboxylic acids is 1. The first-order chi connectivity index (χ1) is 5.59. The lowest BCUT2D eigenvalue weighted by Gasteiger charge is -2.13. The van der Waals surface area contributed by atoms with E-state index in [0.29, 0.717) is 13.0 Å². The molecule has 3 nitrogen and oxygen atoms in total. The van der Waals surface area contributed by atoms with E-state index in [9.17, 15) is 4.79 Å². The van der Waals surface area contributed by atoms with Gasteiger partial charge in [-0.15, -0.1) is 6.58 Å². The molecule has 0 saturated carbocycles. The van der Waals surface area contributed by atoms with Crippen molar-refractivity contribution in [3.8, 4) is 0 Å². The minimum absolute atomic E-state index is 0.126. The van der Waals surface area contributed by atoms with E-state index in [1.54, 1.807) is 6.08 Å². The Kier molecular flexibility index (Phi) is 5.37. The highest BCUT2D eigenvalue weighted by atomic mass is 16.5. The minimum atomic E-state index is -0.505. The Morgan fingerprint density at radius 3 is 2.67 bits per heavy atom. The van der Waals surface area contributed by atoms with Crippen LogP contribution >= 0.6 is 0 Å². The fraction of sp³-hybridized carbons (Fsp3) is 0.667. The summed E-state index contributed by atoms with van der Waals surface area (Å²) in [7, 11) is 0. The standard InChI is InChI=1S/C9H17NO2/c1-4-5-6-12-9(11)8(10)7(2)3/h4,7-8H,1,5-6,10H2,2-3H3/t8-/m0/s1. The van der Waals surface area contributed by atoms with Crippen LogP contribution in [0, 0.1) is 5.92 Å². The summed E-state index contributed by atoms with van der Waals surface area (Å²) in [6.45, 7) is 7.67. The van der Waals surface area contributed by atoms with Crippen molar-refractivity contribution in [1.82, 2.24) is 0 Å². The molecule has 0 amide bonds. The van der Waals surface area contributed by atoms with Crippen molar-refractivity contribution in [2.24, 2.45) is 11.7 Å². The normalized spacial score (nSPS) is 12.7. The molecule has 0 aliphatic heterocycles. The van der Waals surface area contributed by atoms with Crippen molar-refractivity contribution in [2.45, 2.75) is 26.3 Å². The molecule has 0 rings (SSSR count). The fourth-order valence-corrected chi connectivity index (χ4v) is 0.611. The van der Waals surface area contributed by atoms with Gasteiger partial charge in [-0.2, -0.15) is 0 Å². The number of nitrogens with two attached hydrogens (primary N) is 1. The van der Waals surface area contributed by atoms with Crippen LogP contribution in [-0.2, 0) is 9.53 Å². The molecule has 0 bridgehead atoms. The zero-order valence-electron chi connectivity index (χ0n) is 7.75. The van der Waals surface area contributed by atoms with Gasteiger partial charge in [-0.1, -0.05) is 19.9 Å².